The van der Waals surface area contributed by atoms with Crippen LogP contribution in [0.4, 0.5) is 0 Å². The van der Waals surface area contributed by atoms with Gasteiger partial charge < -0.3 is 9.47 Å². The van der Waals surface area contributed by atoms with E-state index in [9.17, 15) is 9.59 Å². The molecule has 3 fully saturated rings. The maximum atomic E-state index is 13.0. The smallest absolute Gasteiger partial charge is 0.254 e. The van der Waals surface area contributed by atoms with Crippen LogP contribution >= 0.6 is 15.9 Å². The minimum Gasteiger partial charge on any atom is -0.493 e. The fraction of sp³-hybridized carbons (Fsp3) is 0.476. The number of amides is 2. The number of hydrazone groups is 1. The molecule has 4 aliphatic carbocycles. The average Bonchev–Trinajstić information content (AvgIpc) is 3.47. The minimum atomic E-state index is -0.231. The summed E-state index contributed by atoms with van der Waals surface area (Å²) < 4.78 is 11.7. The Hall–Kier alpha value is -2.15. The van der Waals surface area contributed by atoms with E-state index in [1.807, 2.05) is 13.0 Å². The van der Waals surface area contributed by atoms with Gasteiger partial charge in [-0.2, -0.15) is 10.1 Å². The van der Waals surface area contributed by atoms with E-state index in [0.29, 0.717) is 35.5 Å². The van der Waals surface area contributed by atoms with Crippen molar-refractivity contribution in [2.75, 3.05) is 13.7 Å². The van der Waals surface area contributed by atoms with Crippen molar-refractivity contribution in [3.05, 3.63) is 34.3 Å². The molecule has 2 bridgehead atoms. The minimum absolute atomic E-state index is 0.159. The number of hydrogen-bond donors (Lipinski definition) is 0. The quantitative estimate of drug-likeness (QED) is 0.397. The number of halogens is 1. The summed E-state index contributed by atoms with van der Waals surface area (Å²) in [6.07, 6.45) is 7.00. The van der Waals surface area contributed by atoms with Crippen LogP contribution in [-0.2, 0) is 9.59 Å². The Labute approximate surface area is 171 Å². The third-order valence-electron chi connectivity index (χ3n) is 6.50. The Morgan fingerprint density at radius 3 is 2.39 bits per heavy atom. The maximum Gasteiger partial charge on any atom is 0.254 e. The predicted molar refractivity (Wildman–Crippen MR) is 106 cm³/mol. The summed E-state index contributed by atoms with van der Waals surface area (Å²) in [4.78, 5) is 25.9. The first-order valence-corrected chi connectivity index (χ1v) is 10.4. The van der Waals surface area contributed by atoms with Crippen LogP contribution in [-0.4, -0.2) is 36.8 Å². The Morgan fingerprint density at radius 1 is 1.18 bits per heavy atom. The molecular formula is C21H21BrN2O4. The Morgan fingerprint density at radius 2 is 1.82 bits per heavy atom. The Balaban J connectivity index is 1.41. The molecule has 1 aliphatic heterocycles. The average molecular weight is 445 g/mol. The number of nitrogens with zero attached hydrogens (tertiary/aromatic N) is 2. The molecule has 0 aromatic heterocycles. The van der Waals surface area contributed by atoms with Crippen molar-refractivity contribution in [3.8, 4) is 11.5 Å². The van der Waals surface area contributed by atoms with Gasteiger partial charge in [-0.3, -0.25) is 9.59 Å². The van der Waals surface area contributed by atoms with Crippen molar-refractivity contribution in [1.82, 2.24) is 5.01 Å². The molecular weight excluding hydrogens is 424 g/mol. The molecule has 1 aromatic rings. The van der Waals surface area contributed by atoms with Gasteiger partial charge in [0.25, 0.3) is 11.8 Å². The van der Waals surface area contributed by atoms with Crippen LogP contribution in [0.25, 0.3) is 0 Å². The third kappa shape index (κ3) is 2.48. The molecule has 6 nitrogen and oxygen atoms in total. The van der Waals surface area contributed by atoms with Crippen molar-refractivity contribution in [2.45, 2.75) is 13.3 Å². The molecule has 7 heteroatoms. The van der Waals surface area contributed by atoms with Gasteiger partial charge in [-0.1, -0.05) is 12.2 Å². The highest BCUT2D eigenvalue weighted by Gasteiger charge is 2.67. The molecule has 0 unspecified atom stereocenters. The highest BCUT2D eigenvalue weighted by atomic mass is 79.9. The number of carbonyl (C=O) groups excluding carboxylic acids is 2. The summed E-state index contributed by atoms with van der Waals surface area (Å²) in [6.45, 7) is 2.41. The zero-order valence-electron chi connectivity index (χ0n) is 15.7. The highest BCUT2D eigenvalue weighted by molar-refractivity contribution is 9.10. The summed E-state index contributed by atoms with van der Waals surface area (Å²) in [5.74, 6) is 1.98. The zero-order valence-corrected chi connectivity index (χ0v) is 17.3. The number of ether oxygens (including phenoxy) is 2. The monoisotopic (exact) mass is 444 g/mol. The van der Waals surface area contributed by atoms with Gasteiger partial charge in [0.05, 0.1) is 36.2 Å². The van der Waals surface area contributed by atoms with Gasteiger partial charge in [-0.15, -0.1) is 0 Å². The number of hydrogen-bond acceptors (Lipinski definition) is 5. The fourth-order valence-electron chi connectivity index (χ4n) is 5.28. The number of rotatable bonds is 5. The molecule has 5 aliphatic rings. The molecule has 1 aromatic carbocycles. The fourth-order valence-corrected chi connectivity index (χ4v) is 5.85. The summed E-state index contributed by atoms with van der Waals surface area (Å²) in [7, 11) is 1.57. The summed E-state index contributed by atoms with van der Waals surface area (Å²) in [5, 5.41) is 5.36. The highest BCUT2D eigenvalue weighted by Crippen LogP contribution is 2.65. The van der Waals surface area contributed by atoms with E-state index < -0.39 is 0 Å². The number of methoxy groups -OCH3 is 1. The van der Waals surface area contributed by atoms with E-state index in [2.05, 4.69) is 33.2 Å². The van der Waals surface area contributed by atoms with Gasteiger partial charge in [0, 0.05) is 0 Å². The van der Waals surface area contributed by atoms with E-state index >= 15 is 0 Å². The van der Waals surface area contributed by atoms with Gasteiger partial charge in [0.1, 0.15) is 0 Å². The van der Waals surface area contributed by atoms with Crippen LogP contribution in [0.5, 0.6) is 11.5 Å². The molecule has 28 heavy (non-hydrogen) atoms. The second kappa shape index (κ2) is 6.44. The lowest BCUT2D eigenvalue weighted by Gasteiger charge is -2.37. The van der Waals surface area contributed by atoms with Crippen molar-refractivity contribution in [1.29, 1.82) is 0 Å². The lowest BCUT2D eigenvalue weighted by atomic mass is 9.63. The third-order valence-corrected chi connectivity index (χ3v) is 7.09. The van der Waals surface area contributed by atoms with Gasteiger partial charge >= 0.3 is 0 Å². The molecule has 1 heterocycles. The van der Waals surface area contributed by atoms with E-state index in [-0.39, 0.29) is 35.5 Å². The van der Waals surface area contributed by atoms with Crippen molar-refractivity contribution < 1.29 is 19.1 Å². The Kier molecular flexibility index (Phi) is 4.12. The number of imide groups is 1. The molecule has 0 spiro atoms. The van der Waals surface area contributed by atoms with Crippen molar-refractivity contribution in [2.24, 2.45) is 40.6 Å². The molecule has 6 atom stereocenters. The van der Waals surface area contributed by atoms with Gasteiger partial charge in [0.2, 0.25) is 0 Å². The second-order valence-corrected chi connectivity index (χ2v) is 8.71. The van der Waals surface area contributed by atoms with Gasteiger partial charge in [-0.05, 0) is 70.6 Å². The number of benzene rings is 1. The molecule has 146 valence electrons. The zero-order chi connectivity index (χ0) is 19.6. The lowest BCUT2D eigenvalue weighted by Crippen LogP contribution is -2.40. The van der Waals surface area contributed by atoms with Crippen LogP contribution in [0.15, 0.2) is 33.9 Å². The first-order chi connectivity index (χ1) is 13.5. The van der Waals surface area contributed by atoms with Gasteiger partial charge in [0.15, 0.2) is 11.5 Å². The van der Waals surface area contributed by atoms with Crippen LogP contribution in [0.2, 0.25) is 0 Å². The molecule has 2 amide bonds. The summed E-state index contributed by atoms with van der Waals surface area (Å²) in [5.41, 5.74) is 0.714. The van der Waals surface area contributed by atoms with E-state index in [4.69, 9.17) is 9.47 Å². The maximum absolute atomic E-state index is 13.0. The van der Waals surface area contributed by atoms with E-state index in [1.54, 1.807) is 13.2 Å². The summed E-state index contributed by atoms with van der Waals surface area (Å²) in [6, 6.07) is 3.60. The second-order valence-electron chi connectivity index (χ2n) is 7.85. The standard InChI is InChI=1S/C21H21BrN2O4/c1-3-28-19-15(22)6-10(7-16(19)27-2)9-23-24-20(25)17-11-4-5-12(14-8-13(11)14)18(17)21(24)26/h4-7,9,11-14,17-18H,3,8H2,1-2H3/b23-9-/t11-,12-,13-,14-,17-,18+/m1/s1. The lowest BCUT2D eigenvalue weighted by molar-refractivity contribution is -0.140. The van der Waals surface area contributed by atoms with Crippen LogP contribution in [0.1, 0.15) is 18.9 Å². The van der Waals surface area contributed by atoms with Crippen LogP contribution in [0, 0.1) is 35.5 Å². The van der Waals surface area contributed by atoms with E-state index in [1.165, 1.54) is 6.21 Å². The van der Waals surface area contributed by atoms with Gasteiger partial charge in [-0.25, -0.2) is 0 Å². The molecule has 0 radical (unpaired) electrons. The first kappa shape index (κ1) is 17.9. The number of allylic oxidation sites excluding steroid dienone is 2. The largest absolute Gasteiger partial charge is 0.493 e. The van der Waals surface area contributed by atoms with Crippen LogP contribution < -0.4 is 9.47 Å². The molecule has 6 rings (SSSR count). The predicted octanol–water partition coefficient (Wildman–Crippen LogP) is 3.24. The Bertz CT molecular complexity index is 891. The van der Waals surface area contributed by atoms with Crippen LogP contribution in [0.3, 0.4) is 0 Å². The van der Waals surface area contributed by atoms with Crippen molar-refractivity contribution in [3.63, 3.8) is 0 Å². The topological polar surface area (TPSA) is 68.2 Å². The molecule has 2 saturated carbocycles. The summed E-state index contributed by atoms with van der Waals surface area (Å²) >= 11 is 3.48. The SMILES string of the molecule is CCOc1c(Br)cc(/C=N\N2C(=O)[C@@H]3[C@@H]4C=C[C@H]([C@H]5C[C@H]45)[C@@H]3C2=O)cc1OC. The van der Waals surface area contributed by atoms with E-state index in [0.717, 1.165) is 15.9 Å². The molecule has 1 saturated heterocycles. The first-order valence-electron chi connectivity index (χ1n) is 9.65. The molecule has 0 N–H and O–H groups in total. The normalized spacial score (nSPS) is 34.8. The number of carbonyl (C=O) groups is 2. The van der Waals surface area contributed by atoms with Crippen molar-refractivity contribution >= 4 is 34.0 Å².